The van der Waals surface area contributed by atoms with E-state index in [9.17, 15) is 0 Å². The number of nitrogens with two attached hydrogens (primary N) is 1. The minimum Gasteiger partial charge on any atom is -0.330 e. The molecule has 0 aromatic rings. The van der Waals surface area contributed by atoms with Crippen molar-refractivity contribution in [3.05, 3.63) is 0 Å². The summed E-state index contributed by atoms with van der Waals surface area (Å²) in [6.07, 6.45) is 8.38. The number of hydrogen-bond acceptors (Lipinski definition) is 3. The van der Waals surface area contributed by atoms with E-state index < -0.39 is 0 Å². The Balaban J connectivity index is 1.39. The van der Waals surface area contributed by atoms with E-state index in [0.29, 0.717) is 0 Å². The number of likely N-dealkylation sites (tertiary alicyclic amines) is 1. The number of nitrogens with one attached hydrogen (secondary N) is 1. The Morgan fingerprint density at radius 2 is 2.00 bits per heavy atom. The van der Waals surface area contributed by atoms with Crippen LogP contribution >= 0.6 is 0 Å². The van der Waals surface area contributed by atoms with Gasteiger partial charge in [0.05, 0.1) is 0 Å². The summed E-state index contributed by atoms with van der Waals surface area (Å²) in [6.45, 7) is 4.79. The molecule has 0 bridgehead atoms. The van der Waals surface area contributed by atoms with Crippen LogP contribution in [0.2, 0.25) is 0 Å². The molecule has 17 heavy (non-hydrogen) atoms. The van der Waals surface area contributed by atoms with E-state index in [1.54, 1.807) is 0 Å². The molecule has 98 valence electrons. The molecule has 3 heteroatoms. The third-order valence-electron chi connectivity index (χ3n) is 5.01. The summed E-state index contributed by atoms with van der Waals surface area (Å²) in [4.78, 5) is 2.71. The Morgan fingerprint density at radius 1 is 1.12 bits per heavy atom. The molecule has 3 nitrogen and oxygen atoms in total. The summed E-state index contributed by atoms with van der Waals surface area (Å²) in [6, 6.07) is 1.68. The third kappa shape index (κ3) is 2.83. The van der Waals surface area contributed by atoms with Gasteiger partial charge in [0.2, 0.25) is 0 Å². The van der Waals surface area contributed by atoms with Gasteiger partial charge in [0, 0.05) is 18.6 Å². The van der Waals surface area contributed by atoms with Gasteiger partial charge in [-0.3, -0.25) is 0 Å². The lowest BCUT2D eigenvalue weighted by Gasteiger charge is -2.22. The third-order valence-corrected chi connectivity index (χ3v) is 5.01. The minimum absolute atomic E-state index is 0.718. The highest BCUT2D eigenvalue weighted by atomic mass is 15.2. The average molecular weight is 237 g/mol. The first-order valence-electron chi connectivity index (χ1n) is 7.54. The smallest absolute Gasteiger partial charge is 0.0107 e. The highest BCUT2D eigenvalue weighted by molar-refractivity contribution is 4.91. The molecule has 0 spiro atoms. The molecular weight excluding hydrogens is 210 g/mol. The predicted octanol–water partition coefficient (Wildman–Crippen LogP) is 1.19. The van der Waals surface area contributed by atoms with Crippen LogP contribution in [0, 0.1) is 11.8 Å². The Hall–Kier alpha value is -0.120. The van der Waals surface area contributed by atoms with Crippen LogP contribution in [0.15, 0.2) is 0 Å². The number of nitrogens with zero attached hydrogens (tertiary/aromatic N) is 1. The molecule has 0 amide bonds. The first-order chi connectivity index (χ1) is 8.36. The lowest BCUT2D eigenvalue weighted by molar-refractivity contribution is 0.304. The van der Waals surface area contributed by atoms with Gasteiger partial charge in [-0.2, -0.15) is 0 Å². The van der Waals surface area contributed by atoms with Crippen LogP contribution in [0.5, 0.6) is 0 Å². The van der Waals surface area contributed by atoms with E-state index in [1.165, 1.54) is 58.2 Å². The molecule has 1 aliphatic heterocycles. The summed E-state index contributed by atoms with van der Waals surface area (Å²) >= 11 is 0. The monoisotopic (exact) mass is 237 g/mol. The molecular formula is C14H27N3. The zero-order valence-electron chi connectivity index (χ0n) is 10.9. The second kappa shape index (κ2) is 5.25. The van der Waals surface area contributed by atoms with Crippen molar-refractivity contribution in [3.8, 4) is 0 Å². The molecule has 0 radical (unpaired) electrons. The van der Waals surface area contributed by atoms with Crippen LogP contribution in [-0.2, 0) is 0 Å². The Morgan fingerprint density at radius 3 is 2.76 bits per heavy atom. The maximum absolute atomic E-state index is 5.83. The fourth-order valence-corrected chi connectivity index (χ4v) is 3.71. The normalized spacial score (nSPS) is 39.0. The minimum atomic E-state index is 0.718. The van der Waals surface area contributed by atoms with Crippen LogP contribution in [0.4, 0.5) is 0 Å². The molecule has 3 unspecified atom stereocenters. The van der Waals surface area contributed by atoms with Crippen molar-refractivity contribution < 1.29 is 0 Å². The standard InChI is InChI=1S/C14H27N3/c15-8-12-2-1-3-14(12)16-9-11-6-7-17(10-11)13-4-5-13/h11-14,16H,1-10,15H2. The van der Waals surface area contributed by atoms with E-state index in [2.05, 4.69) is 10.2 Å². The highest BCUT2D eigenvalue weighted by Gasteiger charge is 2.34. The van der Waals surface area contributed by atoms with Crippen LogP contribution < -0.4 is 11.1 Å². The quantitative estimate of drug-likeness (QED) is 0.754. The lowest BCUT2D eigenvalue weighted by atomic mass is 10.0. The maximum atomic E-state index is 5.83. The van der Waals surface area contributed by atoms with E-state index in [1.807, 2.05) is 0 Å². The van der Waals surface area contributed by atoms with E-state index in [0.717, 1.165) is 30.5 Å². The van der Waals surface area contributed by atoms with Gasteiger partial charge in [-0.05, 0) is 63.6 Å². The molecule has 2 saturated carbocycles. The van der Waals surface area contributed by atoms with Gasteiger partial charge in [-0.25, -0.2) is 0 Å². The van der Waals surface area contributed by atoms with Gasteiger partial charge in [0.15, 0.2) is 0 Å². The van der Waals surface area contributed by atoms with Gasteiger partial charge in [0.25, 0.3) is 0 Å². The Kier molecular flexibility index (Phi) is 3.69. The molecule has 1 heterocycles. The van der Waals surface area contributed by atoms with E-state index in [-0.39, 0.29) is 0 Å². The van der Waals surface area contributed by atoms with Crippen LogP contribution in [0.1, 0.15) is 38.5 Å². The SMILES string of the molecule is NCC1CCCC1NCC1CCN(C2CC2)C1. The lowest BCUT2D eigenvalue weighted by Crippen LogP contribution is -2.39. The molecule has 3 rings (SSSR count). The molecule has 3 atom stereocenters. The van der Waals surface area contributed by atoms with Crippen molar-refractivity contribution in [1.82, 2.24) is 10.2 Å². The summed E-state index contributed by atoms with van der Waals surface area (Å²) < 4.78 is 0. The summed E-state index contributed by atoms with van der Waals surface area (Å²) in [7, 11) is 0. The summed E-state index contributed by atoms with van der Waals surface area (Å²) in [5.74, 6) is 1.64. The summed E-state index contributed by atoms with van der Waals surface area (Å²) in [5.41, 5.74) is 5.83. The topological polar surface area (TPSA) is 41.3 Å². The van der Waals surface area contributed by atoms with Gasteiger partial charge >= 0.3 is 0 Å². The number of hydrogen-bond donors (Lipinski definition) is 2. The number of rotatable bonds is 5. The fraction of sp³-hybridized carbons (Fsp3) is 1.00. The van der Waals surface area contributed by atoms with E-state index in [4.69, 9.17) is 5.73 Å². The highest BCUT2D eigenvalue weighted by Crippen LogP contribution is 2.32. The Bertz CT molecular complexity index is 252. The van der Waals surface area contributed by atoms with Crippen molar-refractivity contribution in [2.24, 2.45) is 17.6 Å². The Labute approximate surface area is 105 Å². The van der Waals surface area contributed by atoms with Crippen molar-refractivity contribution >= 4 is 0 Å². The van der Waals surface area contributed by atoms with Crippen LogP contribution in [0.25, 0.3) is 0 Å². The molecule has 0 aromatic carbocycles. The molecule has 3 aliphatic rings. The fourth-order valence-electron chi connectivity index (χ4n) is 3.71. The van der Waals surface area contributed by atoms with Crippen LogP contribution in [-0.4, -0.2) is 43.2 Å². The molecule has 3 N–H and O–H groups in total. The van der Waals surface area contributed by atoms with Gasteiger partial charge < -0.3 is 16.0 Å². The molecule has 3 fully saturated rings. The van der Waals surface area contributed by atoms with Gasteiger partial charge in [-0.1, -0.05) is 6.42 Å². The first-order valence-corrected chi connectivity index (χ1v) is 7.54. The van der Waals surface area contributed by atoms with Crippen molar-refractivity contribution in [2.45, 2.75) is 50.6 Å². The van der Waals surface area contributed by atoms with Crippen molar-refractivity contribution in [1.29, 1.82) is 0 Å². The van der Waals surface area contributed by atoms with Gasteiger partial charge in [-0.15, -0.1) is 0 Å². The first kappa shape index (κ1) is 11.9. The largest absolute Gasteiger partial charge is 0.330 e. The van der Waals surface area contributed by atoms with E-state index >= 15 is 0 Å². The molecule has 1 saturated heterocycles. The van der Waals surface area contributed by atoms with Crippen LogP contribution in [0.3, 0.4) is 0 Å². The van der Waals surface area contributed by atoms with Gasteiger partial charge in [0.1, 0.15) is 0 Å². The second-order valence-electron chi connectivity index (χ2n) is 6.32. The summed E-state index contributed by atoms with van der Waals surface area (Å²) in [5, 5.41) is 3.80. The average Bonchev–Trinajstić information content (AvgIpc) is 2.93. The molecule has 2 aliphatic carbocycles. The van der Waals surface area contributed by atoms with Crippen molar-refractivity contribution in [2.75, 3.05) is 26.2 Å². The molecule has 0 aromatic heterocycles. The predicted molar refractivity (Wildman–Crippen MR) is 70.9 cm³/mol. The zero-order chi connectivity index (χ0) is 11.7. The zero-order valence-corrected chi connectivity index (χ0v) is 10.9. The van der Waals surface area contributed by atoms with Crippen molar-refractivity contribution in [3.63, 3.8) is 0 Å². The maximum Gasteiger partial charge on any atom is 0.0107 e. The second-order valence-corrected chi connectivity index (χ2v) is 6.32.